The van der Waals surface area contributed by atoms with Crippen molar-refractivity contribution in [3.05, 3.63) is 53.6 Å². The quantitative estimate of drug-likeness (QED) is 0.817. The number of nitrogens with one attached hydrogen (secondary N) is 1. The average Bonchev–Trinajstić information content (AvgIpc) is 3.06. The van der Waals surface area contributed by atoms with Crippen molar-refractivity contribution in [2.45, 2.75) is 19.8 Å². The van der Waals surface area contributed by atoms with Gasteiger partial charge in [0.2, 0.25) is 5.91 Å². The molecule has 0 spiro atoms. The number of nitrogens with zero attached hydrogens (tertiary/aromatic N) is 1. The molecular formula is C20H21N3O4. The first-order chi connectivity index (χ1) is 13.0. The molecule has 140 valence electrons. The summed E-state index contributed by atoms with van der Waals surface area (Å²) in [6, 6.07) is 12.1. The van der Waals surface area contributed by atoms with Crippen molar-refractivity contribution in [3.8, 4) is 5.75 Å². The summed E-state index contributed by atoms with van der Waals surface area (Å²) in [5.41, 5.74) is 7.65. The van der Waals surface area contributed by atoms with E-state index in [0.29, 0.717) is 24.3 Å². The lowest BCUT2D eigenvalue weighted by Gasteiger charge is -2.20. The second-order valence-electron chi connectivity index (χ2n) is 6.37. The van der Waals surface area contributed by atoms with Crippen molar-refractivity contribution in [2.24, 2.45) is 5.73 Å². The van der Waals surface area contributed by atoms with Crippen molar-refractivity contribution in [1.82, 2.24) is 0 Å². The van der Waals surface area contributed by atoms with Gasteiger partial charge in [0, 0.05) is 13.0 Å². The lowest BCUT2D eigenvalue weighted by atomic mass is 10.1. The zero-order valence-electron chi connectivity index (χ0n) is 15.0. The van der Waals surface area contributed by atoms with Crippen LogP contribution in [-0.2, 0) is 9.59 Å². The van der Waals surface area contributed by atoms with E-state index < -0.39 is 11.8 Å². The minimum Gasteiger partial charge on any atom is -0.483 e. The molecule has 0 atom stereocenters. The fourth-order valence-corrected chi connectivity index (χ4v) is 3.00. The third-order valence-corrected chi connectivity index (χ3v) is 4.30. The van der Waals surface area contributed by atoms with Crippen LogP contribution in [0, 0.1) is 6.92 Å². The molecule has 0 aromatic heterocycles. The molecular weight excluding hydrogens is 346 g/mol. The van der Waals surface area contributed by atoms with E-state index in [4.69, 9.17) is 10.5 Å². The fourth-order valence-electron chi connectivity index (χ4n) is 3.00. The summed E-state index contributed by atoms with van der Waals surface area (Å²) in [6.07, 6.45) is 1.31. The molecule has 7 heteroatoms. The molecule has 0 radical (unpaired) electrons. The number of amides is 3. The number of carbonyl (C=O) groups is 3. The van der Waals surface area contributed by atoms with Gasteiger partial charge < -0.3 is 20.7 Å². The van der Waals surface area contributed by atoms with E-state index in [2.05, 4.69) is 5.32 Å². The van der Waals surface area contributed by atoms with E-state index >= 15 is 0 Å². The molecule has 3 N–H and O–H groups in total. The zero-order chi connectivity index (χ0) is 19.4. The Balaban J connectivity index is 1.70. The van der Waals surface area contributed by atoms with Gasteiger partial charge in [0.05, 0.1) is 16.9 Å². The van der Waals surface area contributed by atoms with E-state index in [-0.39, 0.29) is 23.8 Å². The van der Waals surface area contributed by atoms with Crippen LogP contribution in [0.15, 0.2) is 42.5 Å². The molecule has 7 nitrogen and oxygen atoms in total. The maximum atomic E-state index is 12.3. The Morgan fingerprint density at radius 2 is 2.00 bits per heavy atom. The van der Waals surface area contributed by atoms with Gasteiger partial charge in [-0.3, -0.25) is 14.4 Å². The van der Waals surface area contributed by atoms with Gasteiger partial charge in [-0.2, -0.15) is 0 Å². The third-order valence-electron chi connectivity index (χ3n) is 4.30. The molecule has 2 aromatic carbocycles. The summed E-state index contributed by atoms with van der Waals surface area (Å²) in [5, 5.41) is 2.77. The van der Waals surface area contributed by atoms with Crippen LogP contribution in [0.5, 0.6) is 5.75 Å². The highest BCUT2D eigenvalue weighted by atomic mass is 16.5. The lowest BCUT2D eigenvalue weighted by Crippen LogP contribution is -2.27. The average molecular weight is 367 g/mol. The normalized spacial score (nSPS) is 13.5. The first-order valence-electron chi connectivity index (χ1n) is 8.68. The Morgan fingerprint density at radius 1 is 1.22 bits per heavy atom. The number of para-hydroxylation sites is 2. The Bertz CT molecular complexity index is 895. The third kappa shape index (κ3) is 4.25. The van der Waals surface area contributed by atoms with Crippen LogP contribution >= 0.6 is 0 Å². The van der Waals surface area contributed by atoms with E-state index in [1.54, 1.807) is 41.3 Å². The molecule has 0 bridgehead atoms. The van der Waals surface area contributed by atoms with Gasteiger partial charge in [0.1, 0.15) is 5.75 Å². The molecule has 0 saturated carbocycles. The van der Waals surface area contributed by atoms with Gasteiger partial charge in [-0.05, 0) is 43.2 Å². The standard InChI is InChI=1S/C20H21N3O4/c1-13-8-9-14(20(21)26)17(11-13)27-12-18(24)22-15-5-2-3-6-16(15)23-10-4-7-19(23)25/h2-3,5-6,8-9,11H,4,7,10,12H2,1H3,(H2,21,26)(H,22,24). The van der Waals surface area contributed by atoms with Gasteiger partial charge in [0.25, 0.3) is 11.8 Å². The number of rotatable bonds is 6. The molecule has 1 fully saturated rings. The monoisotopic (exact) mass is 367 g/mol. The van der Waals surface area contributed by atoms with Crippen molar-refractivity contribution in [1.29, 1.82) is 0 Å². The zero-order valence-corrected chi connectivity index (χ0v) is 15.0. The Morgan fingerprint density at radius 3 is 2.70 bits per heavy atom. The second-order valence-corrected chi connectivity index (χ2v) is 6.37. The van der Waals surface area contributed by atoms with Crippen LogP contribution in [-0.4, -0.2) is 30.9 Å². The number of anilines is 2. The highest BCUT2D eigenvalue weighted by Gasteiger charge is 2.24. The van der Waals surface area contributed by atoms with Gasteiger partial charge in [-0.1, -0.05) is 18.2 Å². The number of primary amides is 1. The minimum atomic E-state index is -0.622. The number of nitrogens with two attached hydrogens (primary N) is 1. The number of aryl methyl sites for hydroxylation is 1. The molecule has 1 saturated heterocycles. The van der Waals surface area contributed by atoms with Crippen LogP contribution in [0.4, 0.5) is 11.4 Å². The number of hydrogen-bond acceptors (Lipinski definition) is 4. The number of carbonyl (C=O) groups excluding carboxylic acids is 3. The lowest BCUT2D eigenvalue weighted by molar-refractivity contribution is -0.118. The first kappa shape index (κ1) is 18.4. The molecule has 1 heterocycles. The topological polar surface area (TPSA) is 102 Å². The molecule has 1 aliphatic heterocycles. The molecule has 27 heavy (non-hydrogen) atoms. The van der Waals surface area contributed by atoms with Crippen LogP contribution in [0.1, 0.15) is 28.8 Å². The molecule has 3 rings (SSSR count). The van der Waals surface area contributed by atoms with Crippen LogP contribution < -0.4 is 20.7 Å². The molecule has 2 aromatic rings. The SMILES string of the molecule is Cc1ccc(C(N)=O)c(OCC(=O)Nc2ccccc2N2CCCC2=O)c1. The van der Waals surface area contributed by atoms with Gasteiger partial charge in [-0.25, -0.2) is 0 Å². The van der Waals surface area contributed by atoms with Crippen molar-refractivity contribution in [3.63, 3.8) is 0 Å². The molecule has 0 unspecified atom stereocenters. The second kappa shape index (κ2) is 7.90. The summed E-state index contributed by atoms with van der Waals surface area (Å²) in [4.78, 5) is 37.5. The summed E-state index contributed by atoms with van der Waals surface area (Å²) < 4.78 is 5.51. The van der Waals surface area contributed by atoms with Crippen LogP contribution in [0.25, 0.3) is 0 Å². The summed E-state index contributed by atoms with van der Waals surface area (Å²) in [7, 11) is 0. The van der Waals surface area contributed by atoms with Crippen LogP contribution in [0.2, 0.25) is 0 Å². The minimum absolute atomic E-state index is 0.0406. The summed E-state index contributed by atoms with van der Waals surface area (Å²) in [5.74, 6) is -0.714. The Hall–Kier alpha value is -3.35. The van der Waals surface area contributed by atoms with Gasteiger partial charge in [0.15, 0.2) is 6.61 Å². The molecule has 0 aliphatic carbocycles. The Labute approximate surface area is 157 Å². The van der Waals surface area contributed by atoms with Crippen molar-refractivity contribution >= 4 is 29.1 Å². The molecule has 3 amide bonds. The molecule has 1 aliphatic rings. The largest absolute Gasteiger partial charge is 0.483 e. The highest BCUT2D eigenvalue weighted by Crippen LogP contribution is 2.29. The van der Waals surface area contributed by atoms with Crippen LogP contribution in [0.3, 0.4) is 0 Å². The maximum Gasteiger partial charge on any atom is 0.262 e. The van der Waals surface area contributed by atoms with Crippen molar-refractivity contribution in [2.75, 3.05) is 23.4 Å². The summed E-state index contributed by atoms with van der Waals surface area (Å²) in [6.45, 7) is 2.19. The first-order valence-corrected chi connectivity index (χ1v) is 8.68. The summed E-state index contributed by atoms with van der Waals surface area (Å²) >= 11 is 0. The number of ether oxygens (including phenoxy) is 1. The van der Waals surface area contributed by atoms with E-state index in [1.807, 2.05) is 13.0 Å². The van der Waals surface area contributed by atoms with E-state index in [9.17, 15) is 14.4 Å². The fraction of sp³-hybridized carbons (Fsp3) is 0.250. The predicted octanol–water partition coefficient (Wildman–Crippen LogP) is 2.24. The maximum absolute atomic E-state index is 12.3. The highest BCUT2D eigenvalue weighted by molar-refractivity contribution is 6.02. The van der Waals surface area contributed by atoms with E-state index in [1.165, 1.54) is 0 Å². The van der Waals surface area contributed by atoms with Crippen molar-refractivity contribution < 1.29 is 19.1 Å². The van der Waals surface area contributed by atoms with E-state index in [0.717, 1.165) is 12.0 Å². The number of benzene rings is 2. The van der Waals surface area contributed by atoms with Gasteiger partial charge >= 0.3 is 0 Å². The number of hydrogen-bond donors (Lipinski definition) is 2. The van der Waals surface area contributed by atoms with Gasteiger partial charge in [-0.15, -0.1) is 0 Å². The predicted molar refractivity (Wildman–Crippen MR) is 102 cm³/mol. The Kier molecular flexibility index (Phi) is 5.40. The smallest absolute Gasteiger partial charge is 0.262 e.